The van der Waals surface area contributed by atoms with Crippen LogP contribution < -0.4 is 0 Å². The maximum absolute atomic E-state index is 4.37. The largest absolute Gasteiger partial charge is 0.253 e. The van der Waals surface area contributed by atoms with Gasteiger partial charge in [0.2, 0.25) is 0 Å². The van der Waals surface area contributed by atoms with Gasteiger partial charge in [0, 0.05) is 13.1 Å². The Morgan fingerprint density at radius 2 is 1.80 bits per heavy atom. The molecule has 1 spiro atoms. The number of rotatable bonds is 0. The van der Waals surface area contributed by atoms with Gasteiger partial charge in [0.1, 0.15) is 0 Å². The molecule has 2 heteroatoms. The van der Waals surface area contributed by atoms with Crippen molar-refractivity contribution in [2.45, 2.75) is 32.1 Å². The first-order valence-corrected chi connectivity index (χ1v) is 4.65. The Morgan fingerprint density at radius 3 is 2.30 bits per heavy atom. The van der Waals surface area contributed by atoms with Gasteiger partial charge in [-0.05, 0) is 24.7 Å². The van der Waals surface area contributed by atoms with Crippen LogP contribution in [0.4, 0.5) is 0 Å². The van der Waals surface area contributed by atoms with E-state index in [1.807, 2.05) is 0 Å². The van der Waals surface area contributed by atoms with Crippen LogP contribution in [-0.4, -0.2) is 17.4 Å². The average molecular weight is 157 g/mol. The van der Waals surface area contributed by atoms with Crippen molar-refractivity contribution in [2.75, 3.05) is 13.1 Å². The van der Waals surface area contributed by atoms with Crippen LogP contribution in [0.5, 0.6) is 0 Å². The average Bonchev–Trinajstić information content (AvgIpc) is 2.46. The summed E-state index contributed by atoms with van der Waals surface area (Å²) in [5, 5.41) is 0. The minimum Gasteiger partial charge on any atom is -0.253 e. The molecule has 0 radical (unpaired) electrons. The predicted molar refractivity (Wildman–Crippen MR) is 46.1 cm³/mol. The Kier molecular flexibility index (Phi) is 1.69. The molecule has 0 N–H and O–H groups in total. The Balaban J connectivity index is 2.03. The van der Waals surface area contributed by atoms with Crippen LogP contribution in [0.1, 0.15) is 32.1 Å². The third kappa shape index (κ3) is 1.08. The van der Waals surface area contributed by atoms with E-state index in [0.717, 1.165) is 0 Å². The highest BCUT2D eigenvalue weighted by Crippen LogP contribution is 2.45. The van der Waals surface area contributed by atoms with Crippen LogP contribution in [0.15, 0.2) is 0 Å². The van der Waals surface area contributed by atoms with Crippen LogP contribution >= 0.6 is 12.8 Å². The Bertz CT molecular complexity index is 129. The molecule has 0 bridgehead atoms. The molecule has 0 amide bonds. The summed E-state index contributed by atoms with van der Waals surface area (Å²) >= 11 is 4.37. The van der Waals surface area contributed by atoms with Crippen molar-refractivity contribution >= 4 is 12.8 Å². The first-order chi connectivity index (χ1) is 4.81. The van der Waals surface area contributed by atoms with Crippen LogP contribution in [-0.2, 0) is 0 Å². The zero-order chi connectivity index (χ0) is 7.03. The fraction of sp³-hybridized carbons (Fsp3) is 1.00. The third-order valence-corrected chi connectivity index (χ3v) is 3.42. The van der Waals surface area contributed by atoms with Crippen molar-refractivity contribution in [1.29, 1.82) is 0 Å². The molecule has 58 valence electrons. The first kappa shape index (κ1) is 6.99. The summed E-state index contributed by atoms with van der Waals surface area (Å²) in [6, 6.07) is 0. The standard InChI is InChI=1S/C8H15NS/c10-9-6-5-8(7-9)3-1-2-4-8/h10H,1-7H2. The summed E-state index contributed by atoms with van der Waals surface area (Å²) in [6.07, 6.45) is 7.24. The van der Waals surface area contributed by atoms with E-state index in [-0.39, 0.29) is 0 Å². The highest BCUT2D eigenvalue weighted by atomic mass is 32.1. The van der Waals surface area contributed by atoms with Gasteiger partial charge in [0.15, 0.2) is 0 Å². The molecule has 0 aromatic rings. The van der Waals surface area contributed by atoms with Crippen LogP contribution in [0.2, 0.25) is 0 Å². The van der Waals surface area contributed by atoms with Crippen molar-refractivity contribution in [3.63, 3.8) is 0 Å². The van der Waals surface area contributed by atoms with E-state index < -0.39 is 0 Å². The Hall–Kier alpha value is 0.310. The summed E-state index contributed by atoms with van der Waals surface area (Å²) in [4.78, 5) is 0. The van der Waals surface area contributed by atoms with Gasteiger partial charge in [-0.2, -0.15) is 0 Å². The second kappa shape index (κ2) is 2.42. The van der Waals surface area contributed by atoms with E-state index in [1.54, 1.807) is 0 Å². The minimum atomic E-state index is 0.710. The molecule has 0 aromatic carbocycles. The molecule has 1 saturated heterocycles. The second-order valence-electron chi connectivity index (χ2n) is 3.85. The number of thiol groups is 1. The van der Waals surface area contributed by atoms with Gasteiger partial charge in [0.05, 0.1) is 0 Å². The van der Waals surface area contributed by atoms with Gasteiger partial charge in [0.25, 0.3) is 0 Å². The van der Waals surface area contributed by atoms with Gasteiger partial charge in [-0.25, -0.2) is 0 Å². The Morgan fingerprint density at radius 1 is 1.10 bits per heavy atom. The molecular weight excluding hydrogens is 142 g/mol. The van der Waals surface area contributed by atoms with Crippen molar-refractivity contribution < 1.29 is 0 Å². The maximum Gasteiger partial charge on any atom is 0.0144 e. The van der Waals surface area contributed by atoms with Crippen molar-refractivity contribution in [3.8, 4) is 0 Å². The topological polar surface area (TPSA) is 3.24 Å². The SMILES string of the molecule is SN1CCC2(CCCC2)C1. The second-order valence-corrected chi connectivity index (χ2v) is 4.41. The van der Waals surface area contributed by atoms with E-state index in [1.165, 1.54) is 45.2 Å². The molecule has 0 aromatic heterocycles. The molecule has 2 fully saturated rings. The molecule has 1 saturated carbocycles. The molecule has 10 heavy (non-hydrogen) atoms. The third-order valence-electron chi connectivity index (χ3n) is 3.08. The summed E-state index contributed by atoms with van der Waals surface area (Å²) in [6.45, 7) is 2.46. The molecule has 1 aliphatic heterocycles. The fourth-order valence-electron chi connectivity index (χ4n) is 2.44. The lowest BCUT2D eigenvalue weighted by Gasteiger charge is -2.21. The lowest BCUT2D eigenvalue weighted by Crippen LogP contribution is -2.18. The van der Waals surface area contributed by atoms with Gasteiger partial charge in [-0.1, -0.05) is 25.7 Å². The van der Waals surface area contributed by atoms with Crippen LogP contribution in [0.25, 0.3) is 0 Å². The highest BCUT2D eigenvalue weighted by molar-refractivity contribution is 7.77. The van der Waals surface area contributed by atoms with E-state index in [0.29, 0.717) is 5.41 Å². The summed E-state index contributed by atoms with van der Waals surface area (Å²) in [7, 11) is 0. The lowest BCUT2D eigenvalue weighted by molar-refractivity contribution is 0.321. The van der Waals surface area contributed by atoms with Crippen molar-refractivity contribution in [1.82, 2.24) is 4.31 Å². The van der Waals surface area contributed by atoms with Gasteiger partial charge < -0.3 is 0 Å². The highest BCUT2D eigenvalue weighted by Gasteiger charge is 2.38. The molecule has 2 aliphatic rings. The zero-order valence-electron chi connectivity index (χ0n) is 6.34. The smallest absolute Gasteiger partial charge is 0.0144 e. The zero-order valence-corrected chi connectivity index (χ0v) is 7.24. The molecule has 0 unspecified atom stereocenters. The number of hydrogen-bond donors (Lipinski definition) is 1. The van der Waals surface area contributed by atoms with E-state index in [4.69, 9.17) is 0 Å². The molecule has 2 rings (SSSR count). The summed E-state index contributed by atoms with van der Waals surface area (Å²) in [5.74, 6) is 0. The van der Waals surface area contributed by atoms with Gasteiger partial charge in [-0.3, -0.25) is 4.31 Å². The fourth-order valence-corrected chi connectivity index (χ4v) is 2.84. The molecule has 1 heterocycles. The summed E-state index contributed by atoms with van der Waals surface area (Å²) < 4.78 is 2.19. The lowest BCUT2D eigenvalue weighted by atomic mass is 9.86. The number of nitrogens with zero attached hydrogens (tertiary/aromatic N) is 1. The van der Waals surface area contributed by atoms with E-state index in [2.05, 4.69) is 17.1 Å². The molecule has 0 atom stereocenters. The van der Waals surface area contributed by atoms with Crippen LogP contribution in [0, 0.1) is 5.41 Å². The molecule has 1 nitrogen and oxygen atoms in total. The maximum atomic E-state index is 4.37. The van der Waals surface area contributed by atoms with Gasteiger partial charge in [-0.15, -0.1) is 0 Å². The predicted octanol–water partition coefficient (Wildman–Crippen LogP) is 2.10. The summed E-state index contributed by atoms with van der Waals surface area (Å²) in [5.41, 5.74) is 0.710. The molecular formula is C8H15NS. The van der Waals surface area contributed by atoms with Crippen molar-refractivity contribution in [3.05, 3.63) is 0 Å². The monoisotopic (exact) mass is 157 g/mol. The normalized spacial score (nSPS) is 32.1. The first-order valence-electron chi connectivity index (χ1n) is 4.25. The quantitative estimate of drug-likeness (QED) is 0.527. The van der Waals surface area contributed by atoms with Gasteiger partial charge >= 0.3 is 0 Å². The van der Waals surface area contributed by atoms with Crippen LogP contribution in [0.3, 0.4) is 0 Å². The number of hydrogen-bond acceptors (Lipinski definition) is 2. The molecule has 1 aliphatic carbocycles. The van der Waals surface area contributed by atoms with Crippen molar-refractivity contribution in [2.24, 2.45) is 5.41 Å². The Labute approximate surface area is 68.3 Å². The minimum absolute atomic E-state index is 0.710. The van der Waals surface area contributed by atoms with E-state index >= 15 is 0 Å². The van der Waals surface area contributed by atoms with E-state index in [9.17, 15) is 0 Å².